The van der Waals surface area contributed by atoms with Crippen LogP contribution in [0.3, 0.4) is 0 Å². The normalized spacial score (nSPS) is 24.1. The third-order valence-electron chi connectivity index (χ3n) is 2.72. The van der Waals surface area contributed by atoms with E-state index in [1.54, 1.807) is 6.20 Å². The highest BCUT2D eigenvalue weighted by Crippen LogP contribution is 2.46. The molecule has 4 nitrogen and oxygen atoms in total. The van der Waals surface area contributed by atoms with Crippen molar-refractivity contribution in [3.63, 3.8) is 0 Å². The first kappa shape index (κ1) is 10.5. The Morgan fingerprint density at radius 1 is 1.80 bits per heavy atom. The summed E-state index contributed by atoms with van der Waals surface area (Å²) in [4.78, 5) is 14.6. The SMILES string of the molecule is CCC1CC1n1ccnc1SCC(=O)O. The van der Waals surface area contributed by atoms with Crippen LogP contribution in [0.2, 0.25) is 0 Å². The minimum atomic E-state index is -0.794. The van der Waals surface area contributed by atoms with Gasteiger partial charge in [0.2, 0.25) is 0 Å². The van der Waals surface area contributed by atoms with E-state index in [1.165, 1.54) is 24.6 Å². The van der Waals surface area contributed by atoms with Crippen LogP contribution in [0.25, 0.3) is 0 Å². The van der Waals surface area contributed by atoms with Crippen molar-refractivity contribution in [2.24, 2.45) is 5.92 Å². The van der Waals surface area contributed by atoms with Crippen LogP contribution in [0.15, 0.2) is 17.6 Å². The fraction of sp³-hybridized carbons (Fsp3) is 0.600. The van der Waals surface area contributed by atoms with Gasteiger partial charge in [-0.1, -0.05) is 25.1 Å². The zero-order valence-electron chi connectivity index (χ0n) is 8.59. The highest BCUT2D eigenvalue weighted by molar-refractivity contribution is 7.99. The van der Waals surface area contributed by atoms with E-state index < -0.39 is 5.97 Å². The van der Waals surface area contributed by atoms with Gasteiger partial charge in [-0.15, -0.1) is 0 Å². The molecule has 0 bridgehead atoms. The van der Waals surface area contributed by atoms with Crippen LogP contribution in [0.5, 0.6) is 0 Å². The summed E-state index contributed by atoms with van der Waals surface area (Å²) in [5.41, 5.74) is 0. The first-order valence-electron chi connectivity index (χ1n) is 5.09. The molecule has 0 aromatic carbocycles. The Hall–Kier alpha value is -0.970. The summed E-state index contributed by atoms with van der Waals surface area (Å²) >= 11 is 1.29. The van der Waals surface area contributed by atoms with E-state index in [-0.39, 0.29) is 5.75 Å². The van der Waals surface area contributed by atoms with E-state index in [9.17, 15) is 4.79 Å². The quantitative estimate of drug-likeness (QED) is 0.780. The monoisotopic (exact) mass is 226 g/mol. The molecule has 1 aromatic heterocycles. The number of aliphatic carboxylic acids is 1. The molecular weight excluding hydrogens is 212 g/mol. The maximum Gasteiger partial charge on any atom is 0.313 e. The van der Waals surface area contributed by atoms with E-state index in [2.05, 4.69) is 16.5 Å². The summed E-state index contributed by atoms with van der Waals surface area (Å²) in [6, 6.07) is 0.550. The van der Waals surface area contributed by atoms with Gasteiger partial charge in [-0.2, -0.15) is 0 Å². The molecule has 82 valence electrons. The van der Waals surface area contributed by atoms with Crippen molar-refractivity contribution in [1.82, 2.24) is 9.55 Å². The third-order valence-corrected chi connectivity index (χ3v) is 3.69. The lowest BCUT2D eigenvalue weighted by atomic mass is 10.3. The van der Waals surface area contributed by atoms with E-state index in [4.69, 9.17) is 5.11 Å². The van der Waals surface area contributed by atoms with Gasteiger partial charge in [-0.05, 0) is 12.3 Å². The topological polar surface area (TPSA) is 55.1 Å². The second kappa shape index (κ2) is 4.26. The molecule has 2 unspecified atom stereocenters. The van der Waals surface area contributed by atoms with Gasteiger partial charge in [0.05, 0.1) is 5.75 Å². The van der Waals surface area contributed by atoms with Gasteiger partial charge >= 0.3 is 5.97 Å². The molecule has 0 radical (unpaired) electrons. The first-order valence-corrected chi connectivity index (χ1v) is 6.08. The maximum atomic E-state index is 10.5. The fourth-order valence-corrected chi connectivity index (χ4v) is 2.53. The van der Waals surface area contributed by atoms with Crippen molar-refractivity contribution in [3.05, 3.63) is 12.4 Å². The Balaban J connectivity index is 2.00. The first-order chi connectivity index (χ1) is 7.22. The Kier molecular flexibility index (Phi) is 3.00. The maximum absolute atomic E-state index is 10.5. The standard InChI is InChI=1S/C10H14N2O2S/c1-2-7-5-8(7)12-4-3-11-10(12)15-6-9(13)14/h3-4,7-8H,2,5-6H2,1H3,(H,13,14). The van der Waals surface area contributed by atoms with Crippen molar-refractivity contribution in [3.8, 4) is 0 Å². The van der Waals surface area contributed by atoms with Gasteiger partial charge in [0.25, 0.3) is 0 Å². The Bertz CT molecular complexity index is 364. The third kappa shape index (κ3) is 2.34. The lowest BCUT2D eigenvalue weighted by Gasteiger charge is -2.04. The smallest absolute Gasteiger partial charge is 0.313 e. The summed E-state index contributed by atoms with van der Waals surface area (Å²) in [6.45, 7) is 2.19. The highest BCUT2D eigenvalue weighted by atomic mass is 32.2. The van der Waals surface area contributed by atoms with E-state index >= 15 is 0 Å². The number of hydrogen-bond donors (Lipinski definition) is 1. The average molecular weight is 226 g/mol. The number of carboxylic acids is 1. The molecule has 0 aliphatic heterocycles. The minimum absolute atomic E-state index is 0.0839. The molecule has 1 aliphatic rings. The predicted molar refractivity (Wildman–Crippen MR) is 58.0 cm³/mol. The van der Waals surface area contributed by atoms with Crippen LogP contribution in [-0.2, 0) is 4.79 Å². The molecule has 1 fully saturated rings. The largest absolute Gasteiger partial charge is 0.481 e. The number of carbonyl (C=O) groups is 1. The average Bonchev–Trinajstić information content (AvgIpc) is 2.85. The highest BCUT2D eigenvalue weighted by Gasteiger charge is 2.37. The summed E-state index contributed by atoms with van der Waals surface area (Å²) in [6.07, 6.45) is 6.08. The van der Waals surface area contributed by atoms with Crippen LogP contribution in [0, 0.1) is 5.92 Å². The number of carboxylic acid groups (broad SMARTS) is 1. The van der Waals surface area contributed by atoms with Crippen LogP contribution in [0.4, 0.5) is 0 Å². The molecule has 1 heterocycles. The Morgan fingerprint density at radius 2 is 2.60 bits per heavy atom. The second-order valence-corrected chi connectivity index (χ2v) is 4.71. The van der Waals surface area contributed by atoms with Crippen molar-refractivity contribution >= 4 is 17.7 Å². The van der Waals surface area contributed by atoms with Crippen molar-refractivity contribution in [2.75, 3.05) is 5.75 Å². The Labute approximate surface area is 92.7 Å². The minimum Gasteiger partial charge on any atom is -0.481 e. The number of thioether (sulfide) groups is 1. The number of nitrogens with zero attached hydrogens (tertiary/aromatic N) is 2. The zero-order chi connectivity index (χ0) is 10.8. The molecule has 1 aromatic rings. The van der Waals surface area contributed by atoms with Crippen LogP contribution in [0.1, 0.15) is 25.8 Å². The molecule has 1 saturated carbocycles. The Morgan fingerprint density at radius 3 is 3.20 bits per heavy atom. The van der Waals surface area contributed by atoms with Gasteiger partial charge in [-0.25, -0.2) is 4.98 Å². The van der Waals surface area contributed by atoms with Crippen molar-refractivity contribution < 1.29 is 9.90 Å². The van der Waals surface area contributed by atoms with Crippen LogP contribution < -0.4 is 0 Å². The summed E-state index contributed by atoms with van der Waals surface area (Å²) < 4.78 is 2.11. The lowest BCUT2D eigenvalue weighted by Crippen LogP contribution is -2.02. The summed E-state index contributed by atoms with van der Waals surface area (Å²) in [7, 11) is 0. The molecule has 0 saturated heterocycles. The van der Waals surface area contributed by atoms with E-state index in [0.717, 1.165) is 11.1 Å². The molecule has 2 atom stereocenters. The van der Waals surface area contributed by atoms with Gasteiger partial charge in [0.15, 0.2) is 5.16 Å². The molecule has 1 N–H and O–H groups in total. The summed E-state index contributed by atoms with van der Waals surface area (Å²) in [5, 5.41) is 9.43. The van der Waals surface area contributed by atoms with E-state index in [1.807, 2.05) is 6.20 Å². The lowest BCUT2D eigenvalue weighted by molar-refractivity contribution is -0.133. The van der Waals surface area contributed by atoms with Crippen LogP contribution >= 0.6 is 11.8 Å². The van der Waals surface area contributed by atoms with Gasteiger partial charge in [0, 0.05) is 18.4 Å². The molecule has 0 amide bonds. The molecule has 15 heavy (non-hydrogen) atoms. The van der Waals surface area contributed by atoms with Gasteiger partial charge in [-0.3, -0.25) is 4.79 Å². The van der Waals surface area contributed by atoms with E-state index in [0.29, 0.717) is 6.04 Å². The molecule has 0 spiro atoms. The fourth-order valence-electron chi connectivity index (χ4n) is 1.80. The number of hydrogen-bond acceptors (Lipinski definition) is 3. The van der Waals surface area contributed by atoms with Crippen molar-refractivity contribution in [1.29, 1.82) is 0 Å². The van der Waals surface area contributed by atoms with Gasteiger partial charge < -0.3 is 9.67 Å². The molecule has 5 heteroatoms. The van der Waals surface area contributed by atoms with Crippen molar-refractivity contribution in [2.45, 2.75) is 31.0 Å². The molecule has 2 rings (SSSR count). The number of aromatic nitrogens is 2. The number of imidazole rings is 1. The van der Waals surface area contributed by atoms with Crippen LogP contribution in [-0.4, -0.2) is 26.4 Å². The number of rotatable bonds is 5. The summed E-state index contributed by atoms with van der Waals surface area (Å²) in [5.74, 6) is 0.0429. The zero-order valence-corrected chi connectivity index (χ0v) is 9.41. The van der Waals surface area contributed by atoms with Gasteiger partial charge in [0.1, 0.15) is 0 Å². The molecule has 1 aliphatic carbocycles. The predicted octanol–water partition coefficient (Wildman–Crippen LogP) is 2.03. The second-order valence-electron chi connectivity index (χ2n) is 3.77. The molecular formula is C10H14N2O2S.